The molecule has 0 aromatic heterocycles. The molecule has 0 spiro atoms. The summed E-state index contributed by atoms with van der Waals surface area (Å²) in [6.07, 6.45) is 9.41. The van der Waals surface area contributed by atoms with E-state index in [1.165, 1.54) is 0 Å². The van der Waals surface area contributed by atoms with E-state index in [2.05, 4.69) is 32.2 Å². The molecule has 0 aromatic rings. The number of methoxy groups -OCH3 is 1. The van der Waals surface area contributed by atoms with Crippen molar-refractivity contribution in [3.8, 4) is 0 Å². The predicted octanol–water partition coefficient (Wildman–Crippen LogP) is 3.53. The van der Waals surface area contributed by atoms with E-state index in [1.54, 1.807) is 7.11 Å². The fourth-order valence-electron chi connectivity index (χ4n) is 2.86. The Balaban J connectivity index is 3.30. The maximum atomic E-state index is 8.39. The van der Waals surface area contributed by atoms with Crippen molar-refractivity contribution in [2.75, 3.05) is 86.3 Å². The Labute approximate surface area is 212 Å². The highest BCUT2D eigenvalue weighted by atomic mass is 16.6. The number of hydrogen-bond donors (Lipinski definition) is 2. The van der Waals surface area contributed by atoms with Gasteiger partial charge >= 0.3 is 0 Å². The van der Waals surface area contributed by atoms with Crippen molar-refractivity contribution in [3.63, 3.8) is 0 Å². The van der Waals surface area contributed by atoms with E-state index in [4.69, 9.17) is 38.4 Å². The number of hydrogen-bond acceptors (Lipinski definition) is 9. The summed E-state index contributed by atoms with van der Waals surface area (Å²) in [7, 11) is 1.70. The Hall–Kier alpha value is -1.30. The Morgan fingerprint density at radius 2 is 1.34 bits per heavy atom. The van der Waals surface area contributed by atoms with Crippen molar-refractivity contribution >= 4 is 0 Å². The second kappa shape index (κ2) is 27.3. The third-order valence-electron chi connectivity index (χ3n) is 4.77. The first-order chi connectivity index (χ1) is 17.1. The van der Waals surface area contributed by atoms with E-state index in [-0.39, 0.29) is 6.10 Å². The van der Waals surface area contributed by atoms with Gasteiger partial charge in [-0.15, -0.1) is 6.58 Å². The molecule has 2 unspecified atom stereocenters. The maximum absolute atomic E-state index is 8.39. The summed E-state index contributed by atoms with van der Waals surface area (Å²) >= 11 is 0. The molecule has 9 nitrogen and oxygen atoms in total. The van der Waals surface area contributed by atoms with Gasteiger partial charge in [0.2, 0.25) is 0 Å². The van der Waals surface area contributed by atoms with Crippen LogP contribution in [0.5, 0.6) is 0 Å². The molecule has 0 radical (unpaired) electrons. The molecule has 35 heavy (non-hydrogen) atoms. The van der Waals surface area contributed by atoms with Crippen LogP contribution in [0.15, 0.2) is 37.1 Å². The van der Waals surface area contributed by atoms with Gasteiger partial charge in [-0.05, 0) is 25.2 Å². The SMILES string of the molecule is C=CC(CC(C)/C=C\CC(=C)OCCOCCOCCOCCCOCCCOCCNO)OC. The highest BCUT2D eigenvalue weighted by Gasteiger charge is 2.06. The van der Waals surface area contributed by atoms with Gasteiger partial charge in [0.15, 0.2) is 0 Å². The number of ether oxygens (including phenoxy) is 7. The first-order valence-corrected chi connectivity index (χ1v) is 12.5. The summed E-state index contributed by atoms with van der Waals surface area (Å²) in [6.45, 7) is 16.5. The number of rotatable bonds is 28. The van der Waals surface area contributed by atoms with Gasteiger partial charge in [0.1, 0.15) is 6.61 Å². The first-order valence-electron chi connectivity index (χ1n) is 12.5. The molecule has 0 saturated carbocycles. The zero-order valence-electron chi connectivity index (χ0n) is 21.9. The van der Waals surface area contributed by atoms with Crippen molar-refractivity contribution < 1.29 is 38.4 Å². The Morgan fingerprint density at radius 1 is 0.829 bits per heavy atom. The first kappa shape index (κ1) is 33.7. The maximum Gasteiger partial charge on any atom is 0.111 e. The summed E-state index contributed by atoms with van der Waals surface area (Å²) in [5.41, 5.74) is 2.04. The molecular formula is C26H49NO8. The fraction of sp³-hybridized carbons (Fsp3) is 0.769. The van der Waals surface area contributed by atoms with Gasteiger partial charge in [-0.2, -0.15) is 0 Å². The molecular weight excluding hydrogens is 454 g/mol. The molecule has 0 saturated heterocycles. The monoisotopic (exact) mass is 503 g/mol. The van der Waals surface area contributed by atoms with Gasteiger partial charge in [0, 0.05) is 46.5 Å². The standard InChI is InChI=1S/C26H49NO8/c1-5-26(29-4)23-24(2)9-6-10-25(3)35-22-21-34-20-19-33-18-17-32-15-8-13-30-12-7-14-31-16-11-27-28/h5-6,9,24,26-28H,1,3,7-8,10-23H2,2,4H3/b9-6-. The lowest BCUT2D eigenvalue weighted by Crippen LogP contribution is -2.15. The van der Waals surface area contributed by atoms with E-state index >= 15 is 0 Å². The average molecular weight is 504 g/mol. The van der Waals surface area contributed by atoms with E-state index in [0.29, 0.717) is 91.6 Å². The molecule has 2 atom stereocenters. The number of allylic oxidation sites excluding steroid dienone is 2. The molecule has 0 amide bonds. The van der Waals surface area contributed by atoms with Crippen LogP contribution in [0, 0.1) is 5.92 Å². The minimum atomic E-state index is 0.0808. The third kappa shape index (κ3) is 25.6. The second-order valence-electron chi connectivity index (χ2n) is 7.92. The quantitative estimate of drug-likeness (QED) is 0.0719. The van der Waals surface area contributed by atoms with Crippen LogP contribution in [0.3, 0.4) is 0 Å². The van der Waals surface area contributed by atoms with Crippen LogP contribution in [0.25, 0.3) is 0 Å². The average Bonchev–Trinajstić information content (AvgIpc) is 2.86. The summed E-state index contributed by atoms with van der Waals surface area (Å²) in [6, 6.07) is 0. The number of hydroxylamine groups is 1. The van der Waals surface area contributed by atoms with Gasteiger partial charge in [0.05, 0.1) is 51.5 Å². The molecule has 0 aliphatic carbocycles. The largest absolute Gasteiger partial charge is 0.496 e. The van der Waals surface area contributed by atoms with E-state index in [1.807, 2.05) is 11.6 Å². The van der Waals surface area contributed by atoms with E-state index in [9.17, 15) is 0 Å². The van der Waals surface area contributed by atoms with Crippen LogP contribution < -0.4 is 5.48 Å². The van der Waals surface area contributed by atoms with Crippen LogP contribution >= 0.6 is 0 Å². The molecule has 0 aromatic carbocycles. The third-order valence-corrected chi connectivity index (χ3v) is 4.77. The molecule has 206 valence electrons. The lowest BCUT2D eigenvalue weighted by molar-refractivity contribution is 0.000959. The van der Waals surface area contributed by atoms with Crippen LogP contribution in [0.2, 0.25) is 0 Å². The Kier molecular flexibility index (Phi) is 26.3. The molecule has 0 heterocycles. The second-order valence-corrected chi connectivity index (χ2v) is 7.92. The zero-order chi connectivity index (χ0) is 25.8. The van der Waals surface area contributed by atoms with Crippen molar-refractivity contribution in [2.24, 2.45) is 5.92 Å². The van der Waals surface area contributed by atoms with Gasteiger partial charge in [-0.1, -0.05) is 31.7 Å². The van der Waals surface area contributed by atoms with Crippen LogP contribution in [0.1, 0.15) is 32.6 Å². The Bertz CT molecular complexity index is 504. The van der Waals surface area contributed by atoms with Gasteiger partial charge in [-0.25, -0.2) is 5.48 Å². The molecule has 9 heteroatoms. The molecule has 0 aliphatic heterocycles. The van der Waals surface area contributed by atoms with Crippen molar-refractivity contribution in [1.82, 2.24) is 5.48 Å². The normalized spacial score (nSPS) is 13.2. The zero-order valence-corrected chi connectivity index (χ0v) is 21.9. The van der Waals surface area contributed by atoms with Crippen molar-refractivity contribution in [1.29, 1.82) is 0 Å². The van der Waals surface area contributed by atoms with Crippen molar-refractivity contribution in [3.05, 3.63) is 37.1 Å². The molecule has 2 N–H and O–H groups in total. The summed E-state index contributed by atoms with van der Waals surface area (Å²) < 4.78 is 38.2. The van der Waals surface area contributed by atoms with Gasteiger partial charge in [0.25, 0.3) is 0 Å². The summed E-state index contributed by atoms with van der Waals surface area (Å²) in [5.74, 6) is 1.13. The molecule has 0 bridgehead atoms. The Morgan fingerprint density at radius 3 is 1.89 bits per heavy atom. The van der Waals surface area contributed by atoms with Crippen LogP contribution in [-0.2, 0) is 33.2 Å². The molecule has 0 fully saturated rings. The smallest absolute Gasteiger partial charge is 0.111 e. The predicted molar refractivity (Wildman–Crippen MR) is 137 cm³/mol. The highest BCUT2D eigenvalue weighted by molar-refractivity contribution is 4.98. The van der Waals surface area contributed by atoms with Crippen LogP contribution in [0.4, 0.5) is 0 Å². The van der Waals surface area contributed by atoms with E-state index in [0.717, 1.165) is 25.0 Å². The van der Waals surface area contributed by atoms with Gasteiger partial charge in [-0.3, -0.25) is 0 Å². The van der Waals surface area contributed by atoms with E-state index < -0.39 is 0 Å². The fourth-order valence-corrected chi connectivity index (χ4v) is 2.86. The number of nitrogens with one attached hydrogen (secondary N) is 1. The topological polar surface area (TPSA) is 96.9 Å². The lowest BCUT2D eigenvalue weighted by Gasteiger charge is -2.13. The van der Waals surface area contributed by atoms with Gasteiger partial charge < -0.3 is 38.4 Å². The van der Waals surface area contributed by atoms with Crippen LogP contribution in [-0.4, -0.2) is 97.6 Å². The minimum absolute atomic E-state index is 0.0808. The van der Waals surface area contributed by atoms with Crippen molar-refractivity contribution in [2.45, 2.75) is 38.7 Å². The molecule has 0 rings (SSSR count). The summed E-state index contributed by atoms with van der Waals surface area (Å²) in [4.78, 5) is 0. The summed E-state index contributed by atoms with van der Waals surface area (Å²) in [5, 5.41) is 8.39. The molecule has 0 aliphatic rings. The highest BCUT2D eigenvalue weighted by Crippen LogP contribution is 2.12. The lowest BCUT2D eigenvalue weighted by atomic mass is 10.0. The minimum Gasteiger partial charge on any atom is -0.496 e.